The highest BCUT2D eigenvalue weighted by molar-refractivity contribution is 7.20. The molecule has 1 aromatic carbocycles. The normalized spacial score (nSPS) is 11.1. The number of nitrogens with one attached hydrogen (secondary N) is 1. The van der Waals surface area contributed by atoms with E-state index in [0.717, 1.165) is 5.75 Å². The van der Waals surface area contributed by atoms with E-state index in [1.807, 2.05) is 19.1 Å². The van der Waals surface area contributed by atoms with Gasteiger partial charge in [0.2, 0.25) is 0 Å². The van der Waals surface area contributed by atoms with E-state index in [-0.39, 0.29) is 11.5 Å². The zero-order valence-electron chi connectivity index (χ0n) is 15.9. The van der Waals surface area contributed by atoms with Crippen LogP contribution in [0.3, 0.4) is 0 Å². The van der Waals surface area contributed by atoms with E-state index in [4.69, 9.17) is 4.74 Å². The molecule has 1 N–H and O–H groups in total. The van der Waals surface area contributed by atoms with Gasteiger partial charge in [-0.2, -0.15) is 0 Å². The first-order valence-electron chi connectivity index (χ1n) is 8.93. The van der Waals surface area contributed by atoms with Crippen molar-refractivity contribution in [2.24, 2.45) is 5.92 Å². The number of ether oxygens (including phenoxy) is 1. The minimum atomic E-state index is -0.242. The lowest BCUT2D eigenvalue weighted by Crippen LogP contribution is -2.19. The Bertz CT molecular complexity index is 1020. The van der Waals surface area contributed by atoms with Gasteiger partial charge in [0.05, 0.1) is 23.2 Å². The van der Waals surface area contributed by atoms with Gasteiger partial charge in [0.15, 0.2) is 0 Å². The third-order valence-corrected chi connectivity index (χ3v) is 5.36. The smallest absolute Gasteiger partial charge is 0.266 e. The first kappa shape index (κ1) is 19.1. The van der Waals surface area contributed by atoms with E-state index in [1.54, 1.807) is 23.6 Å². The van der Waals surface area contributed by atoms with Gasteiger partial charge in [0, 0.05) is 12.2 Å². The van der Waals surface area contributed by atoms with Crippen molar-refractivity contribution in [2.75, 3.05) is 11.9 Å². The number of benzene rings is 1. The van der Waals surface area contributed by atoms with E-state index in [1.165, 1.54) is 17.7 Å². The maximum Gasteiger partial charge on any atom is 0.266 e. The average Bonchev–Trinajstić information content (AvgIpc) is 2.99. The van der Waals surface area contributed by atoms with E-state index in [9.17, 15) is 9.59 Å². The molecule has 0 saturated carbocycles. The molecular weight excluding hydrogens is 362 g/mol. The molecule has 1 amide bonds. The zero-order valence-corrected chi connectivity index (χ0v) is 16.7. The van der Waals surface area contributed by atoms with Gasteiger partial charge < -0.3 is 10.1 Å². The Morgan fingerprint density at radius 3 is 2.63 bits per heavy atom. The molecule has 0 bridgehead atoms. The largest absolute Gasteiger partial charge is 0.493 e. The third-order valence-electron chi connectivity index (χ3n) is 4.16. The minimum Gasteiger partial charge on any atom is -0.493 e. The fourth-order valence-electron chi connectivity index (χ4n) is 2.69. The van der Waals surface area contributed by atoms with E-state index in [2.05, 4.69) is 24.1 Å². The first-order chi connectivity index (χ1) is 12.9. The first-order valence-corrected chi connectivity index (χ1v) is 9.75. The van der Waals surface area contributed by atoms with Crippen molar-refractivity contribution in [3.8, 4) is 5.75 Å². The van der Waals surface area contributed by atoms with Crippen LogP contribution in [0.2, 0.25) is 0 Å². The molecule has 0 atom stereocenters. The Labute approximate surface area is 161 Å². The minimum absolute atomic E-state index is 0.109. The average molecular weight is 385 g/mol. The number of carbonyl (C=O) groups excluding carboxylic acids is 1. The summed E-state index contributed by atoms with van der Waals surface area (Å²) in [6, 6.07) is 7.27. The van der Waals surface area contributed by atoms with Crippen molar-refractivity contribution in [2.45, 2.75) is 34.2 Å². The van der Waals surface area contributed by atoms with Crippen LogP contribution >= 0.6 is 11.3 Å². The van der Waals surface area contributed by atoms with Gasteiger partial charge in [0.25, 0.3) is 11.5 Å². The van der Waals surface area contributed by atoms with Crippen LogP contribution in [0.4, 0.5) is 5.69 Å². The number of carbonyl (C=O) groups is 1. The number of amides is 1. The molecule has 0 saturated heterocycles. The lowest BCUT2D eigenvalue weighted by Gasteiger charge is -2.09. The Morgan fingerprint density at radius 2 is 2.00 bits per heavy atom. The molecular formula is C20H23N3O3S. The maximum absolute atomic E-state index is 12.7. The zero-order chi connectivity index (χ0) is 19.6. The van der Waals surface area contributed by atoms with E-state index < -0.39 is 0 Å². The Kier molecular flexibility index (Phi) is 5.60. The molecule has 0 radical (unpaired) electrons. The molecule has 2 heterocycles. The molecule has 0 aliphatic carbocycles. The molecule has 0 spiro atoms. The Balaban J connectivity index is 1.81. The van der Waals surface area contributed by atoms with Crippen molar-refractivity contribution < 1.29 is 9.53 Å². The Hall–Kier alpha value is -2.67. The summed E-state index contributed by atoms with van der Waals surface area (Å²) in [4.78, 5) is 30.6. The van der Waals surface area contributed by atoms with Crippen LogP contribution in [0, 0.1) is 12.8 Å². The summed E-state index contributed by atoms with van der Waals surface area (Å²) in [5, 5.41) is 3.40. The van der Waals surface area contributed by atoms with E-state index in [0.29, 0.717) is 45.4 Å². The molecule has 27 heavy (non-hydrogen) atoms. The lowest BCUT2D eigenvalue weighted by molar-refractivity contribution is 0.103. The van der Waals surface area contributed by atoms with Crippen LogP contribution in [0.25, 0.3) is 10.2 Å². The van der Waals surface area contributed by atoms with Crippen LogP contribution in [-0.4, -0.2) is 22.1 Å². The number of hydrogen-bond acceptors (Lipinski definition) is 5. The van der Waals surface area contributed by atoms with Crippen molar-refractivity contribution in [3.05, 3.63) is 51.4 Å². The SMILES string of the molecule is CCn1cnc2sc(C(=O)Nc3ccc(OCC(C)C)cc3)c(C)c2c1=O. The van der Waals surface area contributed by atoms with Crippen molar-refractivity contribution in [1.82, 2.24) is 9.55 Å². The molecule has 142 valence electrons. The van der Waals surface area contributed by atoms with Crippen LogP contribution in [0.5, 0.6) is 5.75 Å². The summed E-state index contributed by atoms with van der Waals surface area (Å²) in [6.07, 6.45) is 1.53. The Morgan fingerprint density at radius 1 is 1.30 bits per heavy atom. The van der Waals surface area contributed by atoms with Crippen LogP contribution < -0.4 is 15.6 Å². The van der Waals surface area contributed by atoms with Crippen LogP contribution in [0.15, 0.2) is 35.4 Å². The van der Waals surface area contributed by atoms with Crippen molar-refractivity contribution in [1.29, 1.82) is 0 Å². The van der Waals surface area contributed by atoms with Gasteiger partial charge >= 0.3 is 0 Å². The molecule has 6 nitrogen and oxygen atoms in total. The van der Waals surface area contributed by atoms with Crippen molar-refractivity contribution in [3.63, 3.8) is 0 Å². The molecule has 2 aromatic heterocycles. The maximum atomic E-state index is 12.7. The van der Waals surface area contributed by atoms with Gasteiger partial charge in [-0.3, -0.25) is 14.2 Å². The number of nitrogens with zero attached hydrogens (tertiary/aromatic N) is 2. The lowest BCUT2D eigenvalue weighted by atomic mass is 10.2. The highest BCUT2D eigenvalue weighted by Gasteiger charge is 2.19. The predicted molar refractivity (Wildman–Crippen MR) is 109 cm³/mol. The van der Waals surface area contributed by atoms with Gasteiger partial charge in [-0.05, 0) is 49.6 Å². The quantitative estimate of drug-likeness (QED) is 0.694. The molecule has 0 aliphatic rings. The molecule has 3 aromatic rings. The summed E-state index contributed by atoms with van der Waals surface area (Å²) in [5.74, 6) is 0.976. The summed E-state index contributed by atoms with van der Waals surface area (Å²) in [6.45, 7) is 9.05. The summed E-state index contributed by atoms with van der Waals surface area (Å²) in [5.41, 5.74) is 1.24. The second-order valence-corrected chi connectivity index (χ2v) is 7.75. The highest BCUT2D eigenvalue weighted by Crippen LogP contribution is 2.28. The fourth-order valence-corrected chi connectivity index (χ4v) is 3.72. The fraction of sp³-hybridized carbons (Fsp3) is 0.350. The summed E-state index contributed by atoms with van der Waals surface area (Å²) >= 11 is 1.24. The number of anilines is 1. The number of hydrogen-bond donors (Lipinski definition) is 1. The topological polar surface area (TPSA) is 73.2 Å². The van der Waals surface area contributed by atoms with Gasteiger partial charge in [-0.15, -0.1) is 11.3 Å². The van der Waals surface area contributed by atoms with E-state index >= 15 is 0 Å². The molecule has 0 unspecified atom stereocenters. The standard InChI is InChI=1S/C20H23N3O3S/c1-5-23-11-21-19-16(20(23)25)13(4)17(27-19)18(24)22-14-6-8-15(9-7-14)26-10-12(2)3/h6-9,11-12H,5,10H2,1-4H3,(H,22,24). The molecule has 3 rings (SSSR count). The second kappa shape index (κ2) is 7.92. The molecule has 0 fully saturated rings. The van der Waals surface area contributed by atoms with Crippen LogP contribution in [0.1, 0.15) is 36.0 Å². The molecule has 0 aliphatic heterocycles. The predicted octanol–water partition coefficient (Wildman–Crippen LogP) is 4.07. The third kappa shape index (κ3) is 4.03. The number of aromatic nitrogens is 2. The number of fused-ring (bicyclic) bond motifs is 1. The summed E-state index contributed by atoms with van der Waals surface area (Å²) in [7, 11) is 0. The highest BCUT2D eigenvalue weighted by atomic mass is 32.1. The monoisotopic (exact) mass is 385 g/mol. The second-order valence-electron chi connectivity index (χ2n) is 6.76. The van der Waals surface area contributed by atoms with Crippen LogP contribution in [-0.2, 0) is 6.54 Å². The number of rotatable bonds is 6. The number of thiophene rings is 1. The van der Waals surface area contributed by atoms with Gasteiger partial charge in [-0.25, -0.2) is 4.98 Å². The van der Waals surface area contributed by atoms with Gasteiger partial charge in [-0.1, -0.05) is 13.8 Å². The molecule has 7 heteroatoms. The van der Waals surface area contributed by atoms with Gasteiger partial charge in [0.1, 0.15) is 10.6 Å². The van der Waals surface area contributed by atoms with Crippen molar-refractivity contribution >= 4 is 33.1 Å². The number of aryl methyl sites for hydroxylation is 2. The summed E-state index contributed by atoms with van der Waals surface area (Å²) < 4.78 is 7.19.